The Balaban J connectivity index is 1.48. The number of carbonyl (C=O) groups excluding carboxylic acids is 1. The molecule has 6 heteroatoms. The molecule has 1 atom stereocenters. The van der Waals surface area contributed by atoms with Crippen LogP contribution in [0.3, 0.4) is 0 Å². The number of nitrogen functional groups attached to an aromatic ring is 1. The van der Waals surface area contributed by atoms with E-state index in [-0.39, 0.29) is 17.8 Å². The summed E-state index contributed by atoms with van der Waals surface area (Å²) in [6.07, 6.45) is 10.4. The maximum absolute atomic E-state index is 13.3. The molecule has 0 radical (unpaired) electrons. The van der Waals surface area contributed by atoms with Gasteiger partial charge in [0.2, 0.25) is 5.91 Å². The summed E-state index contributed by atoms with van der Waals surface area (Å²) in [6.45, 7) is 0. The van der Waals surface area contributed by atoms with Crippen LogP contribution in [0.4, 0.5) is 11.4 Å². The number of nitrogens with one attached hydrogen (secondary N) is 3. The highest BCUT2D eigenvalue weighted by Gasteiger charge is 2.24. The van der Waals surface area contributed by atoms with Crippen molar-refractivity contribution in [1.29, 1.82) is 5.41 Å². The van der Waals surface area contributed by atoms with Gasteiger partial charge in [0.25, 0.3) is 0 Å². The van der Waals surface area contributed by atoms with Crippen LogP contribution in [0.5, 0.6) is 0 Å². The van der Waals surface area contributed by atoms with E-state index in [4.69, 9.17) is 11.1 Å². The highest BCUT2D eigenvalue weighted by atomic mass is 16.2. The molecule has 170 valence electrons. The van der Waals surface area contributed by atoms with Crippen molar-refractivity contribution < 1.29 is 4.79 Å². The van der Waals surface area contributed by atoms with Crippen molar-refractivity contribution in [3.05, 3.63) is 78.6 Å². The SMILES string of the molecule is N=C(N)c1cccc(N[C@@H](CC2CCCCC2)C(=O)Nc2ccc(-c3ccncc3)cc2)c1. The van der Waals surface area contributed by atoms with Crippen molar-refractivity contribution >= 4 is 23.1 Å². The Morgan fingerprint density at radius 1 is 0.970 bits per heavy atom. The second kappa shape index (κ2) is 10.8. The zero-order valence-corrected chi connectivity index (χ0v) is 18.8. The number of hydrogen-bond acceptors (Lipinski definition) is 4. The molecule has 0 unspecified atom stereocenters. The standard InChI is InChI=1S/C27H31N5O/c28-26(29)22-7-4-8-24(18-22)31-25(17-19-5-2-1-3-6-19)27(33)32-23-11-9-20(10-12-23)21-13-15-30-16-14-21/h4,7-16,18-19,25,31H,1-3,5-6,17H2,(H3,28,29)(H,32,33)/t25-/m0/s1. The molecule has 6 nitrogen and oxygen atoms in total. The van der Waals surface area contributed by atoms with Crippen LogP contribution in [0.15, 0.2) is 73.1 Å². The fourth-order valence-corrected chi connectivity index (χ4v) is 4.49. The van der Waals surface area contributed by atoms with Gasteiger partial charge in [-0.25, -0.2) is 0 Å². The summed E-state index contributed by atoms with van der Waals surface area (Å²) < 4.78 is 0. The lowest BCUT2D eigenvalue weighted by molar-refractivity contribution is -0.117. The number of anilines is 2. The normalized spacial score (nSPS) is 14.9. The Bertz CT molecular complexity index is 1080. The Kier molecular flexibility index (Phi) is 7.35. The molecular weight excluding hydrogens is 410 g/mol. The highest BCUT2D eigenvalue weighted by Crippen LogP contribution is 2.29. The van der Waals surface area contributed by atoms with Gasteiger partial charge in [-0.2, -0.15) is 0 Å². The lowest BCUT2D eigenvalue weighted by atomic mass is 9.84. The highest BCUT2D eigenvalue weighted by molar-refractivity contribution is 5.98. The van der Waals surface area contributed by atoms with Crippen molar-refractivity contribution in [2.75, 3.05) is 10.6 Å². The van der Waals surface area contributed by atoms with Gasteiger partial charge in [-0.15, -0.1) is 0 Å². The smallest absolute Gasteiger partial charge is 0.246 e. The van der Waals surface area contributed by atoms with Crippen LogP contribution in [0, 0.1) is 11.3 Å². The second-order valence-corrected chi connectivity index (χ2v) is 8.73. The average Bonchev–Trinajstić information content (AvgIpc) is 2.85. The third kappa shape index (κ3) is 6.19. The fraction of sp³-hybridized carbons (Fsp3) is 0.296. The second-order valence-electron chi connectivity index (χ2n) is 8.73. The molecule has 1 heterocycles. The first-order valence-electron chi connectivity index (χ1n) is 11.6. The van der Waals surface area contributed by atoms with Gasteiger partial charge >= 0.3 is 0 Å². The van der Waals surface area contributed by atoms with Gasteiger partial charge in [-0.3, -0.25) is 15.2 Å². The van der Waals surface area contributed by atoms with Crippen LogP contribution in [0.1, 0.15) is 44.1 Å². The maximum atomic E-state index is 13.3. The van der Waals surface area contributed by atoms with E-state index in [1.807, 2.05) is 54.6 Å². The summed E-state index contributed by atoms with van der Waals surface area (Å²) in [5.41, 5.74) is 10.0. The third-order valence-electron chi connectivity index (χ3n) is 6.29. The number of pyridine rings is 1. The minimum atomic E-state index is -0.366. The van der Waals surface area contributed by atoms with Gasteiger partial charge in [-0.05, 0) is 59.9 Å². The van der Waals surface area contributed by atoms with Crippen molar-refractivity contribution in [2.24, 2.45) is 11.7 Å². The molecular formula is C27H31N5O. The summed E-state index contributed by atoms with van der Waals surface area (Å²) >= 11 is 0. The zero-order chi connectivity index (χ0) is 23.0. The van der Waals surface area contributed by atoms with E-state index < -0.39 is 0 Å². The van der Waals surface area contributed by atoms with E-state index in [9.17, 15) is 4.79 Å². The summed E-state index contributed by atoms with van der Waals surface area (Å²) in [5.74, 6) is 0.499. The predicted molar refractivity (Wildman–Crippen MR) is 134 cm³/mol. The fourth-order valence-electron chi connectivity index (χ4n) is 4.49. The van der Waals surface area contributed by atoms with Gasteiger partial charge < -0.3 is 16.4 Å². The predicted octanol–water partition coefficient (Wildman–Crippen LogP) is 5.42. The Morgan fingerprint density at radius 3 is 2.36 bits per heavy atom. The maximum Gasteiger partial charge on any atom is 0.246 e. The van der Waals surface area contributed by atoms with E-state index >= 15 is 0 Å². The molecule has 1 aliphatic rings. The number of aromatic nitrogens is 1. The zero-order valence-electron chi connectivity index (χ0n) is 18.8. The number of amides is 1. The number of hydrogen-bond donors (Lipinski definition) is 4. The molecule has 5 N–H and O–H groups in total. The molecule has 3 aromatic rings. The Hall–Kier alpha value is -3.67. The van der Waals surface area contributed by atoms with E-state index in [2.05, 4.69) is 15.6 Å². The molecule has 33 heavy (non-hydrogen) atoms. The first kappa shape index (κ1) is 22.5. The number of carbonyl (C=O) groups is 1. The number of nitrogens with two attached hydrogens (primary N) is 1. The van der Waals surface area contributed by atoms with Crippen LogP contribution in [-0.4, -0.2) is 22.8 Å². The van der Waals surface area contributed by atoms with Crippen LogP contribution in [0.2, 0.25) is 0 Å². The van der Waals surface area contributed by atoms with E-state index in [0.717, 1.165) is 28.9 Å². The lowest BCUT2D eigenvalue weighted by Crippen LogP contribution is -2.37. The number of rotatable bonds is 8. The lowest BCUT2D eigenvalue weighted by Gasteiger charge is -2.27. The number of benzene rings is 2. The average molecular weight is 442 g/mol. The van der Waals surface area contributed by atoms with E-state index in [0.29, 0.717) is 11.5 Å². The molecule has 0 saturated heterocycles. The summed E-state index contributed by atoms with van der Waals surface area (Å²) in [5, 5.41) is 14.2. The van der Waals surface area contributed by atoms with E-state index in [1.165, 1.54) is 32.1 Å². The topological polar surface area (TPSA) is 104 Å². The molecule has 2 aromatic carbocycles. The van der Waals surface area contributed by atoms with E-state index in [1.54, 1.807) is 18.5 Å². The minimum Gasteiger partial charge on any atom is -0.384 e. The molecule has 1 aliphatic carbocycles. The minimum absolute atomic E-state index is 0.0150. The van der Waals surface area contributed by atoms with Crippen LogP contribution >= 0.6 is 0 Å². The quantitative estimate of drug-likeness (QED) is 0.277. The third-order valence-corrected chi connectivity index (χ3v) is 6.29. The first-order chi connectivity index (χ1) is 16.1. The molecule has 1 amide bonds. The van der Waals surface area contributed by atoms with Gasteiger partial charge in [-0.1, -0.05) is 56.4 Å². The molecule has 4 rings (SSSR count). The molecule has 0 spiro atoms. The van der Waals surface area contributed by atoms with Gasteiger partial charge in [0.1, 0.15) is 11.9 Å². The van der Waals surface area contributed by atoms with Crippen molar-refractivity contribution in [3.63, 3.8) is 0 Å². The molecule has 0 aliphatic heterocycles. The number of nitrogens with zero attached hydrogens (tertiary/aromatic N) is 1. The molecule has 1 fully saturated rings. The Labute approximate surface area is 195 Å². The summed E-state index contributed by atoms with van der Waals surface area (Å²) in [4.78, 5) is 17.4. The van der Waals surface area contributed by atoms with Crippen molar-refractivity contribution in [3.8, 4) is 11.1 Å². The van der Waals surface area contributed by atoms with Crippen molar-refractivity contribution in [1.82, 2.24) is 4.98 Å². The van der Waals surface area contributed by atoms with Crippen LogP contribution in [0.25, 0.3) is 11.1 Å². The van der Waals surface area contributed by atoms with Gasteiger partial charge in [0, 0.05) is 29.3 Å². The first-order valence-corrected chi connectivity index (χ1v) is 11.6. The van der Waals surface area contributed by atoms with Crippen molar-refractivity contribution in [2.45, 2.75) is 44.6 Å². The number of amidine groups is 1. The van der Waals surface area contributed by atoms with Gasteiger partial charge in [0.15, 0.2) is 0 Å². The largest absolute Gasteiger partial charge is 0.384 e. The van der Waals surface area contributed by atoms with Crippen LogP contribution < -0.4 is 16.4 Å². The Morgan fingerprint density at radius 2 is 1.67 bits per heavy atom. The monoisotopic (exact) mass is 441 g/mol. The summed E-state index contributed by atoms with van der Waals surface area (Å²) in [6, 6.07) is 18.8. The molecule has 0 bridgehead atoms. The molecule has 1 saturated carbocycles. The van der Waals surface area contributed by atoms with Crippen LogP contribution in [-0.2, 0) is 4.79 Å². The van der Waals surface area contributed by atoms with Gasteiger partial charge in [0.05, 0.1) is 0 Å². The molecule has 1 aromatic heterocycles. The summed E-state index contributed by atoms with van der Waals surface area (Å²) in [7, 11) is 0.